The summed E-state index contributed by atoms with van der Waals surface area (Å²) < 4.78 is 0. The Morgan fingerprint density at radius 1 is 0.871 bits per heavy atom. The molecule has 4 rings (SSSR count). The summed E-state index contributed by atoms with van der Waals surface area (Å²) in [5.41, 5.74) is 2.48. The predicted octanol–water partition coefficient (Wildman–Crippen LogP) is 5.21. The van der Waals surface area contributed by atoms with E-state index in [1.807, 2.05) is 48.5 Å². The molecule has 0 radical (unpaired) electrons. The molecule has 0 aliphatic carbocycles. The molecule has 1 unspecified atom stereocenters. The van der Waals surface area contributed by atoms with Gasteiger partial charge in [-0.3, -0.25) is 4.79 Å². The first kappa shape index (κ1) is 21.5. The molecule has 2 aliphatic rings. The van der Waals surface area contributed by atoms with Gasteiger partial charge < -0.3 is 20.4 Å². The highest BCUT2D eigenvalue weighted by Gasteiger charge is 2.28. The Morgan fingerprint density at radius 2 is 1.65 bits per heavy atom. The van der Waals surface area contributed by atoms with Crippen LogP contribution in [0.3, 0.4) is 0 Å². The molecule has 6 nitrogen and oxygen atoms in total. The molecule has 2 saturated heterocycles. The third kappa shape index (κ3) is 5.50. The molecule has 7 heteroatoms. The monoisotopic (exact) mass is 440 g/mol. The molecule has 0 saturated carbocycles. The van der Waals surface area contributed by atoms with E-state index in [2.05, 4.69) is 15.5 Å². The van der Waals surface area contributed by atoms with Crippen LogP contribution >= 0.6 is 11.6 Å². The number of likely N-dealkylation sites (tertiary alicyclic amines) is 1. The van der Waals surface area contributed by atoms with E-state index in [4.69, 9.17) is 11.6 Å². The highest BCUT2D eigenvalue weighted by molar-refractivity contribution is 6.33. The van der Waals surface area contributed by atoms with Gasteiger partial charge in [-0.2, -0.15) is 0 Å². The topological polar surface area (TPSA) is 64.7 Å². The number of piperidine rings is 2. The van der Waals surface area contributed by atoms with E-state index in [-0.39, 0.29) is 17.9 Å². The van der Waals surface area contributed by atoms with Crippen molar-refractivity contribution in [1.82, 2.24) is 4.90 Å². The van der Waals surface area contributed by atoms with Crippen molar-refractivity contribution in [3.8, 4) is 0 Å². The fourth-order valence-corrected chi connectivity index (χ4v) is 4.62. The average Bonchev–Trinajstić information content (AvgIpc) is 2.80. The van der Waals surface area contributed by atoms with Crippen molar-refractivity contribution in [2.75, 3.05) is 41.7 Å². The van der Waals surface area contributed by atoms with Gasteiger partial charge in [-0.1, -0.05) is 29.8 Å². The fraction of sp³-hybridized carbons (Fsp3) is 0.417. The summed E-state index contributed by atoms with van der Waals surface area (Å²) in [4.78, 5) is 29.5. The van der Waals surface area contributed by atoms with E-state index < -0.39 is 0 Å². The Balaban J connectivity index is 1.34. The zero-order valence-electron chi connectivity index (χ0n) is 17.6. The molecular weight excluding hydrogens is 412 g/mol. The molecule has 31 heavy (non-hydrogen) atoms. The maximum absolute atomic E-state index is 12.9. The summed E-state index contributed by atoms with van der Waals surface area (Å²) in [5, 5.41) is 6.55. The van der Waals surface area contributed by atoms with Gasteiger partial charge in [0.1, 0.15) is 0 Å². The van der Waals surface area contributed by atoms with Crippen LogP contribution < -0.4 is 15.5 Å². The lowest BCUT2D eigenvalue weighted by Crippen LogP contribution is -2.45. The Hall–Kier alpha value is -2.73. The number of halogens is 1. The van der Waals surface area contributed by atoms with Crippen LogP contribution in [0, 0.1) is 5.92 Å². The summed E-state index contributed by atoms with van der Waals surface area (Å²) in [6, 6.07) is 14.9. The van der Waals surface area contributed by atoms with Crippen LogP contribution in [0.4, 0.5) is 21.9 Å². The number of urea groups is 1. The van der Waals surface area contributed by atoms with E-state index in [0.29, 0.717) is 23.8 Å². The van der Waals surface area contributed by atoms with Crippen LogP contribution in [0.25, 0.3) is 0 Å². The minimum atomic E-state index is -0.240. The zero-order chi connectivity index (χ0) is 21.6. The van der Waals surface area contributed by atoms with Crippen molar-refractivity contribution in [3.63, 3.8) is 0 Å². The molecule has 0 aromatic heterocycles. The molecule has 1 atom stereocenters. The standard InChI is InChI=1S/C24H29ClN4O2/c25-21-16-20(11-12-22(21)28-13-5-2-6-14-28)26-23(30)18-8-7-15-29(17-18)24(31)27-19-9-3-1-4-10-19/h1,3-4,9-12,16,18H,2,5-8,13-15,17H2,(H,26,30)(H,27,31). The summed E-state index contributed by atoms with van der Waals surface area (Å²) >= 11 is 6.52. The summed E-state index contributed by atoms with van der Waals surface area (Å²) in [6.07, 6.45) is 5.20. The van der Waals surface area contributed by atoms with Crippen LogP contribution in [0.15, 0.2) is 48.5 Å². The largest absolute Gasteiger partial charge is 0.370 e. The van der Waals surface area contributed by atoms with Crippen LogP contribution in [0.5, 0.6) is 0 Å². The number of benzene rings is 2. The number of hydrogen-bond donors (Lipinski definition) is 2. The van der Waals surface area contributed by atoms with Gasteiger partial charge in [0.25, 0.3) is 0 Å². The normalized spacial score (nSPS) is 19.1. The molecule has 0 spiro atoms. The zero-order valence-corrected chi connectivity index (χ0v) is 18.4. The predicted molar refractivity (Wildman–Crippen MR) is 126 cm³/mol. The number of amides is 3. The van der Waals surface area contributed by atoms with Gasteiger partial charge in [0.05, 0.1) is 16.6 Å². The third-order valence-corrected chi connectivity index (χ3v) is 6.32. The van der Waals surface area contributed by atoms with Crippen LogP contribution in [0.1, 0.15) is 32.1 Å². The average molecular weight is 441 g/mol. The second-order valence-electron chi connectivity index (χ2n) is 8.28. The fourth-order valence-electron chi connectivity index (χ4n) is 4.32. The van der Waals surface area contributed by atoms with Gasteiger partial charge in [-0.05, 0) is 62.4 Å². The lowest BCUT2D eigenvalue weighted by molar-refractivity contribution is -0.121. The Kier molecular flexibility index (Phi) is 6.97. The number of anilines is 3. The van der Waals surface area contributed by atoms with Crippen LogP contribution in [-0.4, -0.2) is 43.0 Å². The Labute approximate surface area is 188 Å². The van der Waals surface area contributed by atoms with E-state index in [9.17, 15) is 9.59 Å². The minimum Gasteiger partial charge on any atom is -0.370 e. The van der Waals surface area contributed by atoms with Crippen molar-refractivity contribution >= 4 is 40.6 Å². The van der Waals surface area contributed by atoms with Gasteiger partial charge in [-0.15, -0.1) is 0 Å². The second kappa shape index (κ2) is 10.1. The van der Waals surface area contributed by atoms with Gasteiger partial charge >= 0.3 is 6.03 Å². The Morgan fingerprint density at radius 3 is 2.39 bits per heavy atom. The van der Waals surface area contributed by atoms with Crippen LogP contribution in [0.2, 0.25) is 5.02 Å². The smallest absolute Gasteiger partial charge is 0.321 e. The molecule has 3 amide bonds. The molecule has 0 bridgehead atoms. The molecular formula is C24H29ClN4O2. The first-order valence-electron chi connectivity index (χ1n) is 11.1. The molecule has 164 valence electrons. The first-order chi connectivity index (χ1) is 15.1. The van der Waals surface area contributed by atoms with Gasteiger partial charge in [-0.25, -0.2) is 4.79 Å². The number of rotatable bonds is 4. The lowest BCUT2D eigenvalue weighted by Gasteiger charge is -2.32. The summed E-state index contributed by atoms with van der Waals surface area (Å²) in [7, 11) is 0. The first-order valence-corrected chi connectivity index (χ1v) is 11.4. The minimum absolute atomic E-state index is 0.0704. The number of carbonyl (C=O) groups is 2. The van der Waals surface area contributed by atoms with Crippen molar-refractivity contribution in [2.45, 2.75) is 32.1 Å². The van der Waals surface area contributed by atoms with Crippen molar-refractivity contribution in [3.05, 3.63) is 53.6 Å². The molecule has 2 aromatic carbocycles. The van der Waals surface area contributed by atoms with Crippen LogP contribution in [-0.2, 0) is 4.79 Å². The highest BCUT2D eigenvalue weighted by Crippen LogP contribution is 2.31. The van der Waals surface area contributed by atoms with E-state index >= 15 is 0 Å². The molecule has 2 fully saturated rings. The van der Waals surface area contributed by atoms with Gasteiger partial charge in [0, 0.05) is 37.6 Å². The number of nitrogens with zero attached hydrogens (tertiary/aromatic N) is 2. The van der Waals surface area contributed by atoms with Crippen molar-refractivity contribution in [1.29, 1.82) is 0 Å². The molecule has 2 aliphatic heterocycles. The number of carbonyl (C=O) groups excluding carboxylic acids is 2. The number of hydrogen-bond acceptors (Lipinski definition) is 3. The highest BCUT2D eigenvalue weighted by atomic mass is 35.5. The van der Waals surface area contributed by atoms with Gasteiger partial charge in [0.2, 0.25) is 5.91 Å². The second-order valence-corrected chi connectivity index (χ2v) is 8.69. The molecule has 2 N–H and O–H groups in total. The van der Waals surface area contributed by atoms with Gasteiger partial charge in [0.15, 0.2) is 0 Å². The maximum atomic E-state index is 12.9. The maximum Gasteiger partial charge on any atom is 0.321 e. The summed E-state index contributed by atoms with van der Waals surface area (Å²) in [5.74, 6) is -0.310. The molecule has 2 aromatic rings. The van der Waals surface area contributed by atoms with Crippen molar-refractivity contribution < 1.29 is 9.59 Å². The quantitative estimate of drug-likeness (QED) is 0.685. The summed E-state index contributed by atoms with van der Waals surface area (Å²) in [6.45, 7) is 3.10. The lowest BCUT2D eigenvalue weighted by atomic mass is 9.97. The van der Waals surface area contributed by atoms with E-state index in [1.54, 1.807) is 4.90 Å². The third-order valence-electron chi connectivity index (χ3n) is 6.02. The molecule has 2 heterocycles. The van der Waals surface area contributed by atoms with Crippen molar-refractivity contribution in [2.24, 2.45) is 5.92 Å². The number of para-hydroxylation sites is 1. The Bertz CT molecular complexity index is 915. The number of nitrogens with one attached hydrogen (secondary N) is 2. The van der Waals surface area contributed by atoms with E-state index in [1.165, 1.54) is 19.3 Å². The SMILES string of the molecule is O=C(Nc1ccc(N2CCCCC2)c(Cl)c1)C1CCCN(C(=O)Nc2ccccc2)C1. The van der Waals surface area contributed by atoms with E-state index in [0.717, 1.165) is 37.3 Å².